The number of rotatable bonds is 8. The molecule has 8 heteroatoms. The van der Waals surface area contributed by atoms with Crippen LogP contribution < -0.4 is 10.1 Å². The summed E-state index contributed by atoms with van der Waals surface area (Å²) < 4.78 is 34.5. The molecular formula is C19H21NO6S. The molecule has 0 heterocycles. The van der Waals surface area contributed by atoms with Gasteiger partial charge in [0.05, 0.1) is 29.9 Å². The molecule has 1 N–H and O–H groups in total. The van der Waals surface area contributed by atoms with Crippen LogP contribution >= 0.6 is 0 Å². The quantitative estimate of drug-likeness (QED) is 0.695. The molecule has 0 aromatic heterocycles. The maximum atomic E-state index is 12.3. The van der Waals surface area contributed by atoms with Gasteiger partial charge < -0.3 is 14.8 Å². The van der Waals surface area contributed by atoms with E-state index in [4.69, 9.17) is 9.47 Å². The Morgan fingerprint density at radius 3 is 2.19 bits per heavy atom. The standard InChI is InChI=1S/C19H21NO6S/c1-3-26-19(22)14-4-6-15(7-5-14)20-18(21)12-13-27(23,24)17-10-8-16(25-2)9-11-17/h4-11H,3,12-13H2,1-2H3,(H,20,21). The fourth-order valence-electron chi connectivity index (χ4n) is 2.26. The van der Waals surface area contributed by atoms with Gasteiger partial charge in [-0.1, -0.05) is 0 Å². The minimum absolute atomic E-state index is 0.134. The molecule has 1 amide bonds. The van der Waals surface area contributed by atoms with Gasteiger partial charge in [-0.05, 0) is 55.5 Å². The number of esters is 1. The molecule has 0 fully saturated rings. The summed E-state index contributed by atoms with van der Waals surface area (Å²) in [5.74, 6) is -0.638. The number of ether oxygens (including phenoxy) is 2. The van der Waals surface area contributed by atoms with E-state index in [2.05, 4.69) is 5.32 Å². The summed E-state index contributed by atoms with van der Waals surface area (Å²) in [5, 5.41) is 2.61. The van der Waals surface area contributed by atoms with Gasteiger partial charge in [0.25, 0.3) is 0 Å². The van der Waals surface area contributed by atoms with Crippen LogP contribution in [0.1, 0.15) is 23.7 Å². The number of nitrogens with one attached hydrogen (secondary N) is 1. The van der Waals surface area contributed by atoms with Gasteiger partial charge >= 0.3 is 5.97 Å². The number of anilines is 1. The smallest absolute Gasteiger partial charge is 0.338 e. The molecule has 0 bridgehead atoms. The lowest BCUT2D eigenvalue weighted by Crippen LogP contribution is -2.17. The summed E-state index contributed by atoms with van der Waals surface area (Å²) in [6, 6.07) is 12.2. The lowest BCUT2D eigenvalue weighted by atomic mass is 10.2. The second-order valence-electron chi connectivity index (χ2n) is 5.59. The molecule has 0 unspecified atom stereocenters. The van der Waals surface area contributed by atoms with Gasteiger partial charge in [0.1, 0.15) is 5.75 Å². The summed E-state index contributed by atoms with van der Waals surface area (Å²) in [6.07, 6.45) is -0.187. The number of methoxy groups -OCH3 is 1. The zero-order chi connectivity index (χ0) is 19.9. The molecule has 27 heavy (non-hydrogen) atoms. The van der Waals surface area contributed by atoms with Crippen molar-refractivity contribution in [1.82, 2.24) is 0 Å². The lowest BCUT2D eigenvalue weighted by molar-refractivity contribution is -0.115. The van der Waals surface area contributed by atoms with Crippen molar-refractivity contribution in [2.24, 2.45) is 0 Å². The highest BCUT2D eigenvalue weighted by molar-refractivity contribution is 7.91. The molecule has 2 aromatic carbocycles. The van der Waals surface area contributed by atoms with E-state index in [9.17, 15) is 18.0 Å². The van der Waals surface area contributed by atoms with Crippen LogP contribution in [0.25, 0.3) is 0 Å². The van der Waals surface area contributed by atoms with Crippen molar-refractivity contribution in [3.63, 3.8) is 0 Å². The first-order valence-corrected chi connectivity index (χ1v) is 9.95. The van der Waals surface area contributed by atoms with E-state index in [1.807, 2.05) is 0 Å². The Morgan fingerprint density at radius 2 is 1.63 bits per heavy atom. The van der Waals surface area contributed by atoms with E-state index in [0.29, 0.717) is 17.0 Å². The molecule has 0 saturated carbocycles. The average Bonchev–Trinajstić information content (AvgIpc) is 2.67. The molecule has 0 aliphatic heterocycles. The van der Waals surface area contributed by atoms with Crippen LogP contribution in [0, 0.1) is 0 Å². The fourth-order valence-corrected chi connectivity index (χ4v) is 3.50. The highest BCUT2D eigenvalue weighted by Gasteiger charge is 2.17. The number of amides is 1. The minimum Gasteiger partial charge on any atom is -0.497 e. The second kappa shape index (κ2) is 9.18. The predicted octanol–water partition coefficient (Wildman–Crippen LogP) is 2.67. The van der Waals surface area contributed by atoms with E-state index in [1.54, 1.807) is 31.2 Å². The van der Waals surface area contributed by atoms with Crippen LogP contribution in [0.3, 0.4) is 0 Å². The third-order valence-electron chi connectivity index (χ3n) is 3.70. The van der Waals surface area contributed by atoms with E-state index >= 15 is 0 Å². The molecule has 0 spiro atoms. The van der Waals surface area contributed by atoms with Crippen molar-refractivity contribution >= 4 is 27.4 Å². The number of carbonyl (C=O) groups excluding carboxylic acids is 2. The van der Waals surface area contributed by atoms with Crippen molar-refractivity contribution in [2.75, 3.05) is 24.8 Å². The predicted molar refractivity (Wildman–Crippen MR) is 101 cm³/mol. The van der Waals surface area contributed by atoms with Gasteiger partial charge in [0.2, 0.25) is 5.91 Å². The maximum Gasteiger partial charge on any atom is 0.338 e. The first kappa shape index (κ1) is 20.4. The largest absolute Gasteiger partial charge is 0.497 e. The minimum atomic E-state index is -3.57. The van der Waals surface area contributed by atoms with Crippen LogP contribution in [0.5, 0.6) is 5.75 Å². The summed E-state index contributed by atoms with van der Waals surface area (Å²) in [6.45, 7) is 1.99. The lowest BCUT2D eigenvalue weighted by Gasteiger charge is -2.08. The van der Waals surface area contributed by atoms with Gasteiger partial charge in [0, 0.05) is 12.1 Å². The Morgan fingerprint density at radius 1 is 1.00 bits per heavy atom. The number of carbonyl (C=O) groups is 2. The first-order chi connectivity index (χ1) is 12.9. The Kier molecular flexibility index (Phi) is 6.95. The maximum absolute atomic E-state index is 12.3. The molecular weight excluding hydrogens is 370 g/mol. The molecule has 0 radical (unpaired) electrons. The summed E-state index contributed by atoms with van der Waals surface area (Å²) >= 11 is 0. The SMILES string of the molecule is CCOC(=O)c1ccc(NC(=O)CCS(=O)(=O)c2ccc(OC)cc2)cc1. The molecule has 0 atom stereocenters. The van der Waals surface area contributed by atoms with Crippen molar-refractivity contribution in [1.29, 1.82) is 0 Å². The van der Waals surface area contributed by atoms with Gasteiger partial charge in [-0.3, -0.25) is 4.79 Å². The molecule has 7 nitrogen and oxygen atoms in total. The van der Waals surface area contributed by atoms with E-state index < -0.39 is 21.7 Å². The highest BCUT2D eigenvalue weighted by atomic mass is 32.2. The Labute approximate surface area is 158 Å². The molecule has 144 valence electrons. The summed E-state index contributed by atoms with van der Waals surface area (Å²) in [5.41, 5.74) is 0.840. The normalized spacial score (nSPS) is 10.9. The monoisotopic (exact) mass is 391 g/mol. The molecule has 0 saturated heterocycles. The van der Waals surface area contributed by atoms with Crippen molar-refractivity contribution in [3.8, 4) is 5.75 Å². The van der Waals surface area contributed by atoms with Gasteiger partial charge in [0.15, 0.2) is 9.84 Å². The van der Waals surface area contributed by atoms with Gasteiger partial charge in [-0.25, -0.2) is 13.2 Å². The van der Waals surface area contributed by atoms with Crippen molar-refractivity contribution in [2.45, 2.75) is 18.2 Å². The Bertz CT molecular complexity index is 889. The van der Waals surface area contributed by atoms with Crippen LogP contribution in [-0.4, -0.2) is 39.8 Å². The second-order valence-corrected chi connectivity index (χ2v) is 7.70. The van der Waals surface area contributed by atoms with Crippen molar-refractivity contribution in [3.05, 3.63) is 54.1 Å². The molecule has 0 aliphatic carbocycles. The van der Waals surface area contributed by atoms with Crippen LogP contribution in [-0.2, 0) is 19.4 Å². The number of benzene rings is 2. The van der Waals surface area contributed by atoms with Gasteiger partial charge in [-0.15, -0.1) is 0 Å². The Hall–Kier alpha value is -2.87. The van der Waals surface area contributed by atoms with Crippen LogP contribution in [0.4, 0.5) is 5.69 Å². The van der Waals surface area contributed by atoms with Gasteiger partial charge in [-0.2, -0.15) is 0 Å². The van der Waals surface area contributed by atoms with Crippen LogP contribution in [0.15, 0.2) is 53.4 Å². The highest BCUT2D eigenvalue weighted by Crippen LogP contribution is 2.17. The molecule has 2 aromatic rings. The summed E-state index contributed by atoms with van der Waals surface area (Å²) in [4.78, 5) is 23.7. The average molecular weight is 391 g/mol. The van der Waals surface area contributed by atoms with E-state index in [0.717, 1.165) is 0 Å². The number of hydrogen-bond acceptors (Lipinski definition) is 6. The fraction of sp³-hybridized carbons (Fsp3) is 0.263. The topological polar surface area (TPSA) is 98.8 Å². The number of sulfone groups is 1. The molecule has 0 aliphatic rings. The zero-order valence-corrected chi connectivity index (χ0v) is 15.9. The van der Waals surface area contributed by atoms with Crippen molar-refractivity contribution < 1.29 is 27.5 Å². The third-order valence-corrected chi connectivity index (χ3v) is 5.43. The van der Waals surface area contributed by atoms with E-state index in [-0.39, 0.29) is 23.7 Å². The first-order valence-electron chi connectivity index (χ1n) is 8.29. The van der Waals surface area contributed by atoms with Crippen LogP contribution in [0.2, 0.25) is 0 Å². The van der Waals surface area contributed by atoms with E-state index in [1.165, 1.54) is 31.4 Å². The Balaban J connectivity index is 1.92. The zero-order valence-electron chi connectivity index (χ0n) is 15.1. The summed E-state index contributed by atoms with van der Waals surface area (Å²) in [7, 11) is -2.08. The third kappa shape index (κ3) is 5.82. The number of hydrogen-bond donors (Lipinski definition) is 1. The molecule has 2 rings (SSSR count).